The fourth-order valence-electron chi connectivity index (χ4n) is 3.70. The maximum Gasteiger partial charge on any atom is 0.243 e. The van der Waals surface area contributed by atoms with Gasteiger partial charge in [0.05, 0.1) is 31.4 Å². The molecule has 0 saturated carbocycles. The van der Waals surface area contributed by atoms with E-state index in [-0.39, 0.29) is 23.7 Å². The average Bonchev–Trinajstić information content (AvgIpc) is 3.24. The highest BCUT2D eigenvalue weighted by atomic mass is 32.2. The van der Waals surface area contributed by atoms with E-state index in [1.807, 2.05) is 0 Å². The molecule has 1 aromatic heterocycles. The number of aryl methyl sites for hydroxylation is 1. The van der Waals surface area contributed by atoms with E-state index < -0.39 is 10.0 Å². The molecule has 9 nitrogen and oxygen atoms in total. The topological polar surface area (TPSA) is 107 Å². The second-order valence-corrected chi connectivity index (χ2v) is 9.76. The maximum absolute atomic E-state index is 13.8. The largest absolute Gasteiger partial charge is 0.508 e. The first-order valence-electron chi connectivity index (χ1n) is 10.8. The van der Waals surface area contributed by atoms with E-state index in [1.54, 1.807) is 91.6 Å². The number of phenols is 1. The van der Waals surface area contributed by atoms with Crippen molar-refractivity contribution in [2.24, 2.45) is 7.05 Å². The first kappa shape index (κ1) is 24.2. The van der Waals surface area contributed by atoms with E-state index in [1.165, 1.54) is 11.4 Å². The summed E-state index contributed by atoms with van der Waals surface area (Å²) in [7, 11) is 0.901. The van der Waals surface area contributed by atoms with E-state index in [0.717, 1.165) is 0 Å². The standard InChI is InChI=1S/C25H26N4O5S/c1-28-23(25(26-27-28)18-9-12-20(30)13-10-18)17-29(35(31,32)22-7-5-4-6-8-22)16-19-11-14-21(33-2)15-24(19)34-3/h4-15,30H,16-17H2,1-3H3. The summed E-state index contributed by atoms with van der Waals surface area (Å²) in [6.07, 6.45) is 0. The fourth-order valence-corrected chi connectivity index (χ4v) is 5.11. The summed E-state index contributed by atoms with van der Waals surface area (Å²) in [5, 5.41) is 18.0. The lowest BCUT2D eigenvalue weighted by Crippen LogP contribution is -2.31. The van der Waals surface area contributed by atoms with Crippen LogP contribution in [0.2, 0.25) is 0 Å². The van der Waals surface area contributed by atoms with Crippen LogP contribution in [0.5, 0.6) is 17.2 Å². The Hall–Kier alpha value is -3.89. The second kappa shape index (κ2) is 10.2. The molecule has 35 heavy (non-hydrogen) atoms. The molecule has 182 valence electrons. The molecule has 0 radical (unpaired) electrons. The minimum atomic E-state index is -3.90. The molecule has 0 saturated heterocycles. The van der Waals surface area contributed by atoms with Gasteiger partial charge in [0.15, 0.2) is 0 Å². The molecule has 0 atom stereocenters. The minimum absolute atomic E-state index is 0.00607. The number of phenolic OH excluding ortho intramolecular Hbond substituents is 1. The van der Waals surface area contributed by atoms with Gasteiger partial charge in [-0.25, -0.2) is 8.42 Å². The number of sulfonamides is 1. The summed E-state index contributed by atoms with van der Waals surface area (Å²) in [6.45, 7) is 0.0523. The molecule has 0 aliphatic rings. The molecule has 0 unspecified atom stereocenters. The van der Waals surface area contributed by atoms with Crippen LogP contribution in [0.3, 0.4) is 0 Å². The zero-order chi connectivity index (χ0) is 25.0. The molecule has 10 heteroatoms. The van der Waals surface area contributed by atoms with Crippen molar-refractivity contribution in [1.82, 2.24) is 19.3 Å². The molecular weight excluding hydrogens is 468 g/mol. The molecule has 1 N–H and O–H groups in total. The molecule has 0 spiro atoms. The second-order valence-electron chi connectivity index (χ2n) is 7.82. The minimum Gasteiger partial charge on any atom is -0.508 e. The van der Waals surface area contributed by atoms with Gasteiger partial charge in [0.2, 0.25) is 10.0 Å². The van der Waals surface area contributed by atoms with Crippen LogP contribution in [-0.2, 0) is 30.2 Å². The molecular formula is C25H26N4O5S. The first-order chi connectivity index (χ1) is 16.8. The number of hydrogen-bond acceptors (Lipinski definition) is 7. The van der Waals surface area contributed by atoms with E-state index in [9.17, 15) is 13.5 Å². The van der Waals surface area contributed by atoms with Crippen molar-refractivity contribution in [2.75, 3.05) is 14.2 Å². The van der Waals surface area contributed by atoms with Crippen molar-refractivity contribution >= 4 is 10.0 Å². The lowest BCUT2D eigenvalue weighted by Gasteiger charge is -2.24. The van der Waals surface area contributed by atoms with Gasteiger partial charge in [-0.3, -0.25) is 4.68 Å². The Labute approximate surface area is 204 Å². The Morgan fingerprint density at radius 3 is 2.31 bits per heavy atom. The summed E-state index contributed by atoms with van der Waals surface area (Å²) < 4.78 is 41.3. The maximum atomic E-state index is 13.8. The number of hydrogen-bond donors (Lipinski definition) is 1. The van der Waals surface area contributed by atoms with Gasteiger partial charge in [-0.05, 0) is 42.5 Å². The van der Waals surface area contributed by atoms with E-state index in [4.69, 9.17) is 9.47 Å². The Kier molecular flexibility index (Phi) is 7.04. The summed E-state index contributed by atoms with van der Waals surface area (Å²) >= 11 is 0. The number of aromatic nitrogens is 3. The van der Waals surface area contributed by atoms with Gasteiger partial charge in [-0.1, -0.05) is 29.5 Å². The number of nitrogens with zero attached hydrogens (tertiary/aromatic N) is 4. The van der Waals surface area contributed by atoms with E-state index >= 15 is 0 Å². The van der Waals surface area contributed by atoms with Crippen LogP contribution in [0.1, 0.15) is 11.3 Å². The van der Waals surface area contributed by atoms with Crippen molar-refractivity contribution in [3.05, 3.63) is 84.1 Å². The number of benzene rings is 3. The van der Waals surface area contributed by atoms with E-state index in [0.29, 0.717) is 34.0 Å². The highest BCUT2D eigenvalue weighted by molar-refractivity contribution is 7.89. The Bertz CT molecular complexity index is 1400. The molecule has 4 rings (SSSR count). The van der Waals surface area contributed by atoms with Gasteiger partial charge < -0.3 is 14.6 Å². The van der Waals surface area contributed by atoms with Crippen molar-refractivity contribution in [2.45, 2.75) is 18.0 Å². The summed E-state index contributed by atoms with van der Waals surface area (Å²) in [6, 6.07) is 20.1. The SMILES string of the molecule is COc1ccc(CN(Cc2c(-c3ccc(O)cc3)nnn2C)S(=O)(=O)c2ccccc2)c(OC)c1. The van der Waals surface area contributed by atoms with Crippen LogP contribution >= 0.6 is 0 Å². The van der Waals surface area contributed by atoms with Crippen LogP contribution in [0.25, 0.3) is 11.3 Å². The highest BCUT2D eigenvalue weighted by Gasteiger charge is 2.28. The molecule has 0 bridgehead atoms. The normalized spacial score (nSPS) is 11.5. The van der Waals surface area contributed by atoms with Crippen molar-refractivity contribution < 1.29 is 23.0 Å². The molecule has 3 aromatic carbocycles. The number of aromatic hydroxyl groups is 1. The van der Waals surface area contributed by atoms with Crippen LogP contribution in [-0.4, -0.2) is 47.0 Å². The Balaban J connectivity index is 1.78. The molecule has 0 aliphatic heterocycles. The van der Waals surface area contributed by atoms with Gasteiger partial charge >= 0.3 is 0 Å². The van der Waals surface area contributed by atoms with Crippen molar-refractivity contribution in [3.8, 4) is 28.5 Å². The summed E-state index contributed by atoms with van der Waals surface area (Å²) in [4.78, 5) is 0.175. The average molecular weight is 495 g/mol. The van der Waals surface area contributed by atoms with Crippen LogP contribution in [0.4, 0.5) is 0 Å². The van der Waals surface area contributed by atoms with Crippen molar-refractivity contribution in [1.29, 1.82) is 0 Å². The van der Waals surface area contributed by atoms with Gasteiger partial charge in [0.1, 0.15) is 22.9 Å². The van der Waals surface area contributed by atoms with Gasteiger partial charge in [-0.15, -0.1) is 5.10 Å². The highest BCUT2D eigenvalue weighted by Crippen LogP contribution is 2.30. The number of methoxy groups -OCH3 is 2. The molecule has 0 aliphatic carbocycles. The lowest BCUT2D eigenvalue weighted by molar-refractivity contribution is 0.365. The summed E-state index contributed by atoms with van der Waals surface area (Å²) in [5.74, 6) is 1.24. The zero-order valence-electron chi connectivity index (χ0n) is 19.6. The third kappa shape index (κ3) is 5.13. The smallest absolute Gasteiger partial charge is 0.243 e. The van der Waals surface area contributed by atoms with E-state index in [2.05, 4.69) is 10.3 Å². The van der Waals surface area contributed by atoms with Crippen LogP contribution in [0, 0.1) is 0 Å². The predicted molar refractivity (Wildman–Crippen MR) is 131 cm³/mol. The summed E-state index contributed by atoms with van der Waals surface area (Å²) in [5.41, 5.74) is 2.52. The molecule has 4 aromatic rings. The molecule has 0 amide bonds. The van der Waals surface area contributed by atoms with Gasteiger partial charge in [0.25, 0.3) is 0 Å². The van der Waals surface area contributed by atoms with Crippen molar-refractivity contribution in [3.63, 3.8) is 0 Å². The van der Waals surface area contributed by atoms with Crippen LogP contribution < -0.4 is 9.47 Å². The zero-order valence-corrected chi connectivity index (χ0v) is 20.4. The number of rotatable bonds is 9. The van der Waals surface area contributed by atoms with Gasteiger partial charge in [0, 0.05) is 30.8 Å². The Morgan fingerprint density at radius 1 is 0.943 bits per heavy atom. The third-order valence-corrected chi connectivity index (χ3v) is 7.44. The molecule has 1 heterocycles. The fraction of sp³-hybridized carbons (Fsp3) is 0.200. The lowest BCUT2D eigenvalue weighted by atomic mass is 10.1. The van der Waals surface area contributed by atoms with Crippen LogP contribution in [0.15, 0.2) is 77.7 Å². The predicted octanol–water partition coefficient (Wildman–Crippen LogP) is 3.60. The monoisotopic (exact) mass is 494 g/mol. The molecule has 0 fully saturated rings. The third-order valence-electron chi connectivity index (χ3n) is 5.63. The number of ether oxygens (including phenoxy) is 2. The Morgan fingerprint density at radius 2 is 1.66 bits per heavy atom. The first-order valence-corrected chi connectivity index (χ1v) is 12.2. The van der Waals surface area contributed by atoms with Gasteiger partial charge in [-0.2, -0.15) is 4.31 Å². The quantitative estimate of drug-likeness (QED) is 0.379.